The van der Waals surface area contributed by atoms with Crippen molar-refractivity contribution in [3.63, 3.8) is 0 Å². The van der Waals surface area contributed by atoms with Crippen molar-refractivity contribution in [1.29, 1.82) is 0 Å². The van der Waals surface area contributed by atoms with Gasteiger partial charge < -0.3 is 10.4 Å². The summed E-state index contributed by atoms with van der Waals surface area (Å²) in [6.07, 6.45) is 1.71. The zero-order chi connectivity index (χ0) is 15.5. The number of rotatable bonds is 5. The van der Waals surface area contributed by atoms with E-state index in [1.54, 1.807) is 24.4 Å². The van der Waals surface area contributed by atoms with Crippen molar-refractivity contribution in [3.8, 4) is 0 Å². The Morgan fingerprint density at radius 3 is 2.86 bits per heavy atom. The van der Waals surface area contributed by atoms with E-state index >= 15 is 0 Å². The first kappa shape index (κ1) is 15.4. The SMILES string of the molecule is O=C1CN(S(=O)(=O)CCc2ccccn2)C(C(=O)O)CN1. The normalized spacial score (nSPS) is 20.0. The molecule has 0 spiro atoms. The molecule has 114 valence electrons. The number of nitrogens with one attached hydrogen (secondary N) is 1. The minimum atomic E-state index is -3.86. The molecule has 1 aliphatic heterocycles. The maximum atomic E-state index is 12.3. The van der Waals surface area contributed by atoms with Crippen molar-refractivity contribution in [3.05, 3.63) is 30.1 Å². The first-order valence-electron chi connectivity index (χ1n) is 6.29. The third-order valence-electron chi connectivity index (χ3n) is 3.12. The third-order valence-corrected chi connectivity index (χ3v) is 4.94. The zero-order valence-electron chi connectivity index (χ0n) is 11.1. The lowest BCUT2D eigenvalue weighted by Crippen LogP contribution is -2.59. The van der Waals surface area contributed by atoms with E-state index in [4.69, 9.17) is 5.11 Å². The number of amides is 1. The Hall–Kier alpha value is -2.00. The molecule has 21 heavy (non-hydrogen) atoms. The van der Waals surface area contributed by atoms with Crippen LogP contribution in [0.15, 0.2) is 24.4 Å². The molecule has 9 heteroatoms. The largest absolute Gasteiger partial charge is 0.480 e. The Bertz CT molecular complexity index is 632. The van der Waals surface area contributed by atoms with Gasteiger partial charge in [-0.2, -0.15) is 4.31 Å². The van der Waals surface area contributed by atoms with E-state index in [1.165, 1.54) is 0 Å². The smallest absolute Gasteiger partial charge is 0.323 e. The maximum absolute atomic E-state index is 12.3. The molecule has 2 heterocycles. The molecule has 1 atom stereocenters. The van der Waals surface area contributed by atoms with Gasteiger partial charge in [-0.15, -0.1) is 0 Å². The van der Waals surface area contributed by atoms with Gasteiger partial charge in [0.1, 0.15) is 6.04 Å². The monoisotopic (exact) mass is 313 g/mol. The van der Waals surface area contributed by atoms with Gasteiger partial charge in [-0.05, 0) is 12.1 Å². The topological polar surface area (TPSA) is 117 Å². The summed E-state index contributed by atoms with van der Waals surface area (Å²) in [6, 6.07) is 3.88. The lowest BCUT2D eigenvalue weighted by molar-refractivity contribution is -0.143. The van der Waals surface area contributed by atoms with Crippen LogP contribution in [0.1, 0.15) is 5.69 Å². The number of aryl methyl sites for hydroxylation is 1. The Kier molecular flexibility index (Phi) is 4.53. The van der Waals surface area contributed by atoms with Gasteiger partial charge in [-0.25, -0.2) is 8.42 Å². The van der Waals surface area contributed by atoms with E-state index < -0.39 is 34.5 Å². The molecule has 1 unspecified atom stereocenters. The zero-order valence-corrected chi connectivity index (χ0v) is 11.9. The first-order valence-corrected chi connectivity index (χ1v) is 7.90. The van der Waals surface area contributed by atoms with Crippen LogP contribution in [0.25, 0.3) is 0 Å². The quantitative estimate of drug-likeness (QED) is 0.708. The van der Waals surface area contributed by atoms with Crippen LogP contribution in [0.5, 0.6) is 0 Å². The third kappa shape index (κ3) is 3.76. The van der Waals surface area contributed by atoms with Crippen molar-refractivity contribution >= 4 is 21.9 Å². The molecular weight excluding hydrogens is 298 g/mol. The van der Waals surface area contributed by atoms with Gasteiger partial charge >= 0.3 is 5.97 Å². The number of carboxylic acids is 1. The number of aliphatic carboxylic acids is 1. The highest BCUT2D eigenvalue weighted by Crippen LogP contribution is 2.13. The summed E-state index contributed by atoms with van der Waals surface area (Å²) in [5, 5.41) is 11.4. The summed E-state index contributed by atoms with van der Waals surface area (Å²) in [6.45, 7) is -0.696. The number of carbonyl (C=O) groups excluding carboxylic acids is 1. The van der Waals surface area contributed by atoms with Gasteiger partial charge in [0.15, 0.2) is 0 Å². The molecule has 2 N–H and O–H groups in total. The number of piperazine rings is 1. The lowest BCUT2D eigenvalue weighted by atomic mass is 10.2. The van der Waals surface area contributed by atoms with Crippen molar-refractivity contribution in [1.82, 2.24) is 14.6 Å². The minimum absolute atomic E-state index is 0.160. The Morgan fingerprint density at radius 1 is 1.48 bits per heavy atom. The minimum Gasteiger partial charge on any atom is -0.480 e. The molecule has 8 nitrogen and oxygen atoms in total. The highest BCUT2D eigenvalue weighted by atomic mass is 32.2. The molecular formula is C12H15N3O5S. The Morgan fingerprint density at radius 2 is 2.24 bits per heavy atom. The van der Waals surface area contributed by atoms with Gasteiger partial charge in [0.05, 0.1) is 12.3 Å². The Labute approximate surface area is 121 Å². The van der Waals surface area contributed by atoms with Crippen LogP contribution >= 0.6 is 0 Å². The van der Waals surface area contributed by atoms with Gasteiger partial charge in [-0.1, -0.05) is 6.07 Å². The van der Waals surface area contributed by atoms with Gasteiger partial charge in [0.25, 0.3) is 0 Å². The second-order valence-corrected chi connectivity index (χ2v) is 6.63. The first-order chi connectivity index (χ1) is 9.90. The van der Waals surface area contributed by atoms with Crippen LogP contribution in [0.4, 0.5) is 0 Å². The van der Waals surface area contributed by atoms with E-state index in [0.29, 0.717) is 5.69 Å². The predicted molar refractivity (Wildman–Crippen MR) is 72.9 cm³/mol. The Balaban J connectivity index is 2.12. The average molecular weight is 313 g/mol. The fourth-order valence-corrected chi connectivity index (χ4v) is 3.59. The molecule has 1 aliphatic rings. The van der Waals surface area contributed by atoms with E-state index in [0.717, 1.165) is 4.31 Å². The number of pyridine rings is 1. The second kappa shape index (κ2) is 6.19. The van der Waals surface area contributed by atoms with Crippen molar-refractivity contribution in [2.75, 3.05) is 18.8 Å². The van der Waals surface area contributed by atoms with E-state index in [-0.39, 0.29) is 18.7 Å². The van der Waals surface area contributed by atoms with Crippen molar-refractivity contribution in [2.45, 2.75) is 12.5 Å². The van der Waals surface area contributed by atoms with Crippen LogP contribution in [0.2, 0.25) is 0 Å². The molecule has 0 saturated carbocycles. The molecule has 0 aromatic carbocycles. The summed E-state index contributed by atoms with van der Waals surface area (Å²) >= 11 is 0. The lowest BCUT2D eigenvalue weighted by Gasteiger charge is -2.31. The van der Waals surface area contributed by atoms with Crippen LogP contribution in [-0.4, -0.2) is 59.6 Å². The van der Waals surface area contributed by atoms with Crippen LogP contribution in [0.3, 0.4) is 0 Å². The summed E-state index contributed by atoms with van der Waals surface area (Å²) in [5.41, 5.74) is 0.592. The molecule has 0 bridgehead atoms. The van der Waals surface area contributed by atoms with E-state index in [2.05, 4.69) is 10.3 Å². The molecule has 1 aromatic heterocycles. The maximum Gasteiger partial charge on any atom is 0.323 e. The number of hydrogen-bond acceptors (Lipinski definition) is 5. The number of carbonyl (C=O) groups is 2. The summed E-state index contributed by atoms with van der Waals surface area (Å²) in [4.78, 5) is 26.5. The molecule has 1 amide bonds. The van der Waals surface area contributed by atoms with Crippen LogP contribution < -0.4 is 5.32 Å². The second-order valence-electron chi connectivity index (χ2n) is 4.59. The molecule has 2 rings (SSSR count). The summed E-state index contributed by atoms with van der Waals surface area (Å²) in [5.74, 6) is -2.08. The standard InChI is InChI=1S/C12H15N3O5S/c16-11-8-15(10(7-14-11)12(17)18)21(19,20)6-4-9-3-1-2-5-13-9/h1-3,5,10H,4,6-8H2,(H,14,16)(H,17,18). The molecule has 1 saturated heterocycles. The number of hydrogen-bond donors (Lipinski definition) is 2. The molecule has 0 aliphatic carbocycles. The molecule has 1 aromatic rings. The number of nitrogens with zero attached hydrogens (tertiary/aromatic N) is 2. The summed E-state index contributed by atoms with van der Waals surface area (Å²) in [7, 11) is -3.86. The predicted octanol–water partition coefficient (Wildman–Crippen LogP) is -1.16. The number of carboxylic acid groups (broad SMARTS) is 1. The fraction of sp³-hybridized carbons (Fsp3) is 0.417. The van der Waals surface area contributed by atoms with Gasteiger partial charge in [0, 0.05) is 24.9 Å². The van der Waals surface area contributed by atoms with Crippen LogP contribution in [-0.2, 0) is 26.0 Å². The van der Waals surface area contributed by atoms with E-state index in [9.17, 15) is 18.0 Å². The van der Waals surface area contributed by atoms with E-state index in [1.807, 2.05) is 0 Å². The van der Waals surface area contributed by atoms with Crippen molar-refractivity contribution < 1.29 is 23.1 Å². The van der Waals surface area contributed by atoms with Gasteiger partial charge in [0.2, 0.25) is 15.9 Å². The molecule has 0 radical (unpaired) electrons. The number of aromatic nitrogens is 1. The fourth-order valence-electron chi connectivity index (χ4n) is 2.02. The summed E-state index contributed by atoms with van der Waals surface area (Å²) < 4.78 is 25.3. The highest BCUT2D eigenvalue weighted by molar-refractivity contribution is 7.89. The van der Waals surface area contributed by atoms with Gasteiger partial charge in [-0.3, -0.25) is 14.6 Å². The number of sulfonamides is 1. The molecule has 1 fully saturated rings. The van der Waals surface area contributed by atoms with Crippen LogP contribution in [0, 0.1) is 0 Å². The average Bonchev–Trinajstić information content (AvgIpc) is 2.46. The highest BCUT2D eigenvalue weighted by Gasteiger charge is 2.39. The van der Waals surface area contributed by atoms with Crippen molar-refractivity contribution in [2.24, 2.45) is 0 Å².